The van der Waals surface area contributed by atoms with Gasteiger partial charge in [0.05, 0.1) is 17.4 Å². The molecule has 4 aliphatic carbocycles. The van der Waals surface area contributed by atoms with Gasteiger partial charge in [-0.2, -0.15) is 0 Å². The maximum Gasteiger partial charge on any atom is 0.307 e. The molecule has 0 spiro atoms. The van der Waals surface area contributed by atoms with Crippen LogP contribution in [0.1, 0.15) is 65.7 Å². The van der Waals surface area contributed by atoms with Crippen LogP contribution < -0.4 is 10.6 Å². The molecule has 1 aromatic rings. The third kappa shape index (κ3) is 3.37. The lowest BCUT2D eigenvalue weighted by Crippen LogP contribution is -2.37. The van der Waals surface area contributed by atoms with Crippen molar-refractivity contribution in [3.05, 3.63) is 28.2 Å². The number of hydrogen-bond acceptors (Lipinski definition) is 4. The van der Waals surface area contributed by atoms with Crippen LogP contribution in [0.5, 0.6) is 0 Å². The predicted octanol–water partition coefficient (Wildman–Crippen LogP) is 3.76. The molecule has 1 heterocycles. The Labute approximate surface area is 180 Å². The summed E-state index contributed by atoms with van der Waals surface area (Å²) < 4.78 is 0. The highest BCUT2D eigenvalue weighted by Gasteiger charge is 2.51. The van der Waals surface area contributed by atoms with Crippen LogP contribution in [0.15, 0.2) is 12.2 Å². The molecule has 0 saturated heterocycles. The number of nitrogens with one attached hydrogen (secondary N) is 2. The Kier molecular flexibility index (Phi) is 5.17. The lowest BCUT2D eigenvalue weighted by atomic mass is 9.82. The van der Waals surface area contributed by atoms with Gasteiger partial charge in [0.15, 0.2) is 0 Å². The number of hydrogen-bond donors (Lipinski definition) is 3. The van der Waals surface area contributed by atoms with Crippen LogP contribution in [0.3, 0.4) is 0 Å². The molecule has 5 rings (SSSR count). The Balaban J connectivity index is 1.42. The van der Waals surface area contributed by atoms with E-state index in [4.69, 9.17) is 0 Å². The van der Waals surface area contributed by atoms with Gasteiger partial charge in [-0.3, -0.25) is 14.4 Å². The van der Waals surface area contributed by atoms with Gasteiger partial charge in [0.2, 0.25) is 5.91 Å². The number of allylic oxidation sites excluding steroid dienone is 2. The largest absolute Gasteiger partial charge is 0.481 e. The first-order valence-electron chi connectivity index (χ1n) is 11.2. The number of amides is 2. The zero-order valence-electron chi connectivity index (χ0n) is 17.0. The molecule has 1 aromatic heterocycles. The first kappa shape index (κ1) is 19.8. The summed E-state index contributed by atoms with van der Waals surface area (Å²) >= 11 is 1.51. The average molecular weight is 429 g/mol. The second-order valence-electron chi connectivity index (χ2n) is 9.20. The van der Waals surface area contributed by atoms with E-state index < -0.39 is 17.8 Å². The fourth-order valence-electron chi connectivity index (χ4n) is 5.93. The minimum absolute atomic E-state index is 0.0264. The van der Waals surface area contributed by atoms with Crippen molar-refractivity contribution < 1.29 is 19.5 Å². The molecule has 4 aliphatic rings. The van der Waals surface area contributed by atoms with E-state index in [9.17, 15) is 19.5 Å². The average Bonchev–Trinajstić information content (AvgIpc) is 3.50. The van der Waals surface area contributed by atoms with Gasteiger partial charge in [0.25, 0.3) is 5.91 Å². The zero-order chi connectivity index (χ0) is 20.8. The SMILES string of the molecule is O=C(NC1CCCC1)c1c(NC(=O)[C@@H]2[C@@H](C(=O)O)[C@H]3C=C[C@H]2C3)sc2c1CCCC2. The van der Waals surface area contributed by atoms with Gasteiger partial charge in [-0.05, 0) is 62.3 Å². The number of carbonyl (C=O) groups is 3. The first-order chi connectivity index (χ1) is 14.5. The third-order valence-electron chi connectivity index (χ3n) is 7.37. The minimum Gasteiger partial charge on any atom is -0.481 e. The van der Waals surface area contributed by atoms with Gasteiger partial charge in [-0.15, -0.1) is 11.3 Å². The summed E-state index contributed by atoms with van der Waals surface area (Å²) in [6.45, 7) is 0. The minimum atomic E-state index is -0.906. The summed E-state index contributed by atoms with van der Waals surface area (Å²) in [6, 6.07) is 0.215. The number of aliphatic carboxylic acids is 1. The quantitative estimate of drug-likeness (QED) is 0.622. The van der Waals surface area contributed by atoms with Gasteiger partial charge in [0.1, 0.15) is 5.00 Å². The highest BCUT2D eigenvalue weighted by molar-refractivity contribution is 7.17. The maximum absolute atomic E-state index is 13.2. The molecule has 30 heavy (non-hydrogen) atoms. The Morgan fingerprint density at radius 1 is 0.967 bits per heavy atom. The van der Waals surface area contributed by atoms with Crippen LogP contribution in [0.4, 0.5) is 5.00 Å². The lowest BCUT2D eigenvalue weighted by molar-refractivity contribution is -0.146. The van der Waals surface area contributed by atoms with Gasteiger partial charge in [-0.25, -0.2) is 0 Å². The van der Waals surface area contributed by atoms with E-state index in [1.54, 1.807) is 0 Å². The van der Waals surface area contributed by atoms with E-state index in [0.29, 0.717) is 10.6 Å². The van der Waals surface area contributed by atoms with Crippen LogP contribution in [-0.2, 0) is 22.4 Å². The lowest BCUT2D eigenvalue weighted by Gasteiger charge is -2.24. The summed E-state index contributed by atoms with van der Waals surface area (Å²) in [7, 11) is 0. The molecule has 160 valence electrons. The molecule has 2 fully saturated rings. The number of carboxylic acids is 1. The van der Waals surface area contributed by atoms with Crippen LogP contribution in [0.2, 0.25) is 0 Å². The summed E-state index contributed by atoms with van der Waals surface area (Å²) in [6.07, 6.45) is 12.9. The molecule has 6 nitrogen and oxygen atoms in total. The second kappa shape index (κ2) is 7.84. The molecular formula is C23H28N2O4S. The highest BCUT2D eigenvalue weighted by atomic mass is 32.1. The normalized spacial score (nSPS) is 29.7. The fraction of sp³-hybridized carbons (Fsp3) is 0.609. The molecule has 7 heteroatoms. The summed E-state index contributed by atoms with van der Waals surface area (Å²) in [5, 5.41) is 16.5. The topological polar surface area (TPSA) is 95.5 Å². The molecule has 2 bridgehead atoms. The van der Waals surface area contributed by atoms with Crippen molar-refractivity contribution in [3.63, 3.8) is 0 Å². The summed E-state index contributed by atoms with van der Waals surface area (Å²) in [5.74, 6) is -2.58. The van der Waals surface area contributed by atoms with E-state index in [1.165, 1.54) is 16.2 Å². The van der Waals surface area contributed by atoms with Crippen LogP contribution in [0.25, 0.3) is 0 Å². The number of carboxylic acid groups (broad SMARTS) is 1. The Morgan fingerprint density at radius 3 is 2.40 bits per heavy atom. The molecule has 0 aromatic carbocycles. The number of rotatable bonds is 5. The van der Waals surface area contributed by atoms with Crippen molar-refractivity contribution in [2.45, 2.75) is 63.8 Å². The molecule has 2 saturated carbocycles. The van der Waals surface area contributed by atoms with E-state index >= 15 is 0 Å². The van der Waals surface area contributed by atoms with E-state index in [0.717, 1.165) is 63.4 Å². The van der Waals surface area contributed by atoms with Gasteiger partial charge < -0.3 is 15.7 Å². The van der Waals surface area contributed by atoms with Crippen molar-refractivity contribution >= 4 is 34.1 Å². The Bertz CT molecular complexity index is 915. The molecule has 4 atom stereocenters. The molecule has 0 aliphatic heterocycles. The molecular weight excluding hydrogens is 400 g/mol. The smallest absolute Gasteiger partial charge is 0.307 e. The highest BCUT2D eigenvalue weighted by Crippen LogP contribution is 2.49. The van der Waals surface area contributed by atoms with Crippen LogP contribution >= 0.6 is 11.3 Å². The molecule has 3 N–H and O–H groups in total. The second-order valence-corrected chi connectivity index (χ2v) is 10.3. The predicted molar refractivity (Wildman–Crippen MR) is 115 cm³/mol. The van der Waals surface area contributed by atoms with Crippen molar-refractivity contribution in [2.75, 3.05) is 5.32 Å². The van der Waals surface area contributed by atoms with Crippen molar-refractivity contribution in [1.82, 2.24) is 5.32 Å². The van der Waals surface area contributed by atoms with Crippen molar-refractivity contribution in [2.24, 2.45) is 23.7 Å². The van der Waals surface area contributed by atoms with Gasteiger partial charge in [0, 0.05) is 10.9 Å². The number of carbonyl (C=O) groups excluding carboxylic acids is 2. The molecule has 0 radical (unpaired) electrons. The summed E-state index contributed by atoms with van der Waals surface area (Å²) in [4.78, 5) is 39.4. The number of thiophene rings is 1. The molecule has 0 unspecified atom stereocenters. The Hall–Kier alpha value is -2.15. The van der Waals surface area contributed by atoms with E-state index in [-0.39, 0.29) is 29.7 Å². The van der Waals surface area contributed by atoms with Crippen molar-refractivity contribution in [1.29, 1.82) is 0 Å². The van der Waals surface area contributed by atoms with Crippen LogP contribution in [-0.4, -0.2) is 28.9 Å². The third-order valence-corrected chi connectivity index (χ3v) is 8.58. The van der Waals surface area contributed by atoms with E-state index in [2.05, 4.69) is 10.6 Å². The number of aryl methyl sites for hydroxylation is 1. The van der Waals surface area contributed by atoms with Crippen molar-refractivity contribution in [3.8, 4) is 0 Å². The monoisotopic (exact) mass is 428 g/mol. The van der Waals surface area contributed by atoms with E-state index in [1.807, 2.05) is 12.2 Å². The standard InChI is InChI=1S/C23H28N2O4S/c26-20(17-12-9-10-13(11-12)18(17)23(28)29)25-22-19(15-7-3-4-8-16(15)30-22)21(27)24-14-5-1-2-6-14/h9-10,12-14,17-18H,1-8,11H2,(H,24,27)(H,25,26)(H,28,29)/t12-,13-,17-,18-/m0/s1. The summed E-state index contributed by atoms with van der Waals surface area (Å²) in [5.41, 5.74) is 1.71. The Morgan fingerprint density at radius 2 is 1.67 bits per heavy atom. The fourth-order valence-corrected chi connectivity index (χ4v) is 7.22. The van der Waals surface area contributed by atoms with Crippen LogP contribution in [0, 0.1) is 23.7 Å². The van der Waals surface area contributed by atoms with Gasteiger partial charge in [-0.1, -0.05) is 25.0 Å². The zero-order valence-corrected chi connectivity index (χ0v) is 17.8. The number of anilines is 1. The number of fused-ring (bicyclic) bond motifs is 3. The molecule has 2 amide bonds. The first-order valence-corrected chi connectivity index (χ1v) is 12.0. The maximum atomic E-state index is 13.2. The van der Waals surface area contributed by atoms with Gasteiger partial charge >= 0.3 is 5.97 Å².